The molecule has 1 aromatic heterocycles. The number of hydrogen-bond acceptors (Lipinski definition) is 6. The third-order valence-electron chi connectivity index (χ3n) is 6.23. The number of nitrogens with one attached hydrogen (secondary N) is 1. The standard InChI is InChI=1S/C24H22ClN3O3S2/c1-13-6-7-14(10-18(13)25)26-21(29)12-32-24-27-19-9-8-15(11-20(19)33-24)28-22(30)16-4-2-3-5-17(16)23(28)31/h6-11,16-17H,2-5,12H2,1H3,(H,26,29)/t16-,17+. The average Bonchev–Trinajstić information content (AvgIpc) is 3.33. The van der Waals surface area contributed by atoms with Gasteiger partial charge in [0, 0.05) is 10.7 Å². The molecule has 2 heterocycles. The van der Waals surface area contributed by atoms with Crippen LogP contribution in [0.2, 0.25) is 5.02 Å². The van der Waals surface area contributed by atoms with Crippen LogP contribution in [0.3, 0.4) is 0 Å². The molecule has 33 heavy (non-hydrogen) atoms. The van der Waals surface area contributed by atoms with E-state index in [1.165, 1.54) is 28.0 Å². The van der Waals surface area contributed by atoms with Gasteiger partial charge in [0.1, 0.15) is 0 Å². The number of imide groups is 1. The summed E-state index contributed by atoms with van der Waals surface area (Å²) in [6, 6.07) is 10.9. The van der Waals surface area contributed by atoms with E-state index in [-0.39, 0.29) is 35.3 Å². The van der Waals surface area contributed by atoms with E-state index in [1.54, 1.807) is 12.1 Å². The summed E-state index contributed by atoms with van der Waals surface area (Å²) in [5.41, 5.74) is 3.01. The maximum absolute atomic E-state index is 12.9. The van der Waals surface area contributed by atoms with Crippen molar-refractivity contribution >= 4 is 74.0 Å². The fourth-order valence-corrected chi connectivity index (χ4v) is 6.59. The van der Waals surface area contributed by atoms with Crippen molar-refractivity contribution in [1.82, 2.24) is 4.98 Å². The minimum atomic E-state index is -0.170. The highest BCUT2D eigenvalue weighted by Crippen LogP contribution is 2.41. The summed E-state index contributed by atoms with van der Waals surface area (Å²) in [6.07, 6.45) is 3.61. The number of aryl methyl sites for hydroxylation is 1. The summed E-state index contributed by atoms with van der Waals surface area (Å²) in [4.78, 5) is 44.1. The highest BCUT2D eigenvalue weighted by Gasteiger charge is 2.48. The number of halogens is 1. The number of amides is 3. The van der Waals surface area contributed by atoms with Crippen LogP contribution in [-0.2, 0) is 14.4 Å². The number of aromatic nitrogens is 1. The van der Waals surface area contributed by atoms with Gasteiger partial charge >= 0.3 is 0 Å². The molecular weight excluding hydrogens is 478 g/mol. The lowest BCUT2D eigenvalue weighted by atomic mass is 9.81. The van der Waals surface area contributed by atoms with Crippen molar-refractivity contribution in [2.24, 2.45) is 11.8 Å². The molecule has 0 radical (unpaired) electrons. The SMILES string of the molecule is Cc1ccc(NC(=O)CSc2nc3ccc(N4C(=O)[C@H]5CCCC[C@H]5C4=O)cc3s2)cc1Cl. The van der Waals surface area contributed by atoms with Gasteiger partial charge in [-0.2, -0.15) is 0 Å². The molecule has 0 spiro atoms. The van der Waals surface area contributed by atoms with Gasteiger partial charge in [0.05, 0.1) is 33.5 Å². The van der Waals surface area contributed by atoms with E-state index in [1.807, 2.05) is 31.2 Å². The van der Waals surface area contributed by atoms with E-state index in [2.05, 4.69) is 10.3 Å². The zero-order valence-corrected chi connectivity index (χ0v) is 20.4. The molecule has 2 fully saturated rings. The number of thiazole rings is 1. The maximum Gasteiger partial charge on any atom is 0.237 e. The molecule has 3 aromatic rings. The molecule has 0 bridgehead atoms. The van der Waals surface area contributed by atoms with Gasteiger partial charge in [-0.05, 0) is 55.7 Å². The molecule has 3 amide bonds. The second-order valence-corrected chi connectivity index (χ2v) is 11.1. The van der Waals surface area contributed by atoms with E-state index in [9.17, 15) is 14.4 Å². The minimum Gasteiger partial charge on any atom is -0.325 e. The van der Waals surface area contributed by atoms with Gasteiger partial charge in [-0.1, -0.05) is 42.3 Å². The van der Waals surface area contributed by atoms with Crippen LogP contribution in [0.5, 0.6) is 0 Å². The molecule has 170 valence electrons. The van der Waals surface area contributed by atoms with Gasteiger partial charge in [-0.15, -0.1) is 11.3 Å². The van der Waals surface area contributed by atoms with E-state index >= 15 is 0 Å². The Morgan fingerprint density at radius 1 is 1.15 bits per heavy atom. The molecule has 5 rings (SSSR count). The van der Waals surface area contributed by atoms with Crippen LogP contribution in [0.4, 0.5) is 11.4 Å². The average molecular weight is 500 g/mol. The van der Waals surface area contributed by atoms with Gasteiger partial charge < -0.3 is 5.32 Å². The number of nitrogens with zero attached hydrogens (tertiary/aromatic N) is 2. The number of anilines is 2. The van der Waals surface area contributed by atoms with Crippen LogP contribution < -0.4 is 10.2 Å². The third-order valence-corrected chi connectivity index (χ3v) is 8.80. The number of fused-ring (bicyclic) bond motifs is 2. The monoisotopic (exact) mass is 499 g/mol. The second kappa shape index (κ2) is 9.08. The number of rotatable bonds is 5. The Balaban J connectivity index is 1.27. The summed E-state index contributed by atoms with van der Waals surface area (Å²) >= 11 is 8.92. The van der Waals surface area contributed by atoms with E-state index in [0.717, 1.165) is 45.8 Å². The van der Waals surface area contributed by atoms with E-state index in [0.29, 0.717) is 16.4 Å². The third kappa shape index (κ3) is 4.39. The Morgan fingerprint density at radius 3 is 2.58 bits per heavy atom. The van der Waals surface area contributed by atoms with Crippen LogP contribution in [0.25, 0.3) is 10.2 Å². The lowest BCUT2D eigenvalue weighted by molar-refractivity contribution is -0.122. The highest BCUT2D eigenvalue weighted by molar-refractivity contribution is 8.01. The Kier molecular flexibility index (Phi) is 6.16. The molecule has 2 aromatic carbocycles. The Bertz CT molecular complexity index is 1250. The molecule has 0 unspecified atom stereocenters. The van der Waals surface area contributed by atoms with Gasteiger partial charge in [-0.3, -0.25) is 19.3 Å². The van der Waals surface area contributed by atoms with Crippen molar-refractivity contribution in [3.63, 3.8) is 0 Å². The number of thioether (sulfide) groups is 1. The molecule has 1 saturated carbocycles. The fraction of sp³-hybridized carbons (Fsp3) is 0.333. The number of carbonyl (C=O) groups excluding carboxylic acids is 3. The topological polar surface area (TPSA) is 79.4 Å². The van der Waals surface area contributed by atoms with E-state index in [4.69, 9.17) is 11.6 Å². The molecule has 1 aliphatic heterocycles. The zero-order valence-electron chi connectivity index (χ0n) is 18.0. The molecule has 1 N–H and O–H groups in total. The van der Waals surface area contributed by atoms with Gasteiger partial charge in [0.15, 0.2) is 4.34 Å². The van der Waals surface area contributed by atoms with Gasteiger partial charge in [0.2, 0.25) is 17.7 Å². The smallest absolute Gasteiger partial charge is 0.237 e. The molecule has 9 heteroatoms. The highest BCUT2D eigenvalue weighted by atomic mass is 35.5. The first kappa shape index (κ1) is 22.4. The lowest BCUT2D eigenvalue weighted by Crippen LogP contribution is -2.30. The first-order valence-electron chi connectivity index (χ1n) is 10.9. The molecule has 6 nitrogen and oxygen atoms in total. The summed E-state index contributed by atoms with van der Waals surface area (Å²) in [5.74, 6) is -0.416. The minimum absolute atomic E-state index is 0.0731. The van der Waals surface area contributed by atoms with Crippen molar-refractivity contribution in [2.75, 3.05) is 16.0 Å². The van der Waals surface area contributed by atoms with Crippen LogP contribution in [-0.4, -0.2) is 28.5 Å². The first-order valence-corrected chi connectivity index (χ1v) is 13.1. The van der Waals surface area contributed by atoms with Crippen molar-refractivity contribution in [1.29, 1.82) is 0 Å². The van der Waals surface area contributed by atoms with Gasteiger partial charge in [0.25, 0.3) is 0 Å². The van der Waals surface area contributed by atoms with Crippen LogP contribution in [0.1, 0.15) is 31.2 Å². The second-order valence-electron chi connectivity index (χ2n) is 8.44. The zero-order chi connectivity index (χ0) is 23.1. The Morgan fingerprint density at radius 2 is 1.88 bits per heavy atom. The predicted octanol–water partition coefficient (Wildman–Crippen LogP) is 5.67. The summed E-state index contributed by atoms with van der Waals surface area (Å²) in [5, 5.41) is 3.45. The van der Waals surface area contributed by atoms with Crippen molar-refractivity contribution in [3.8, 4) is 0 Å². The summed E-state index contributed by atoms with van der Waals surface area (Å²) in [7, 11) is 0. The van der Waals surface area contributed by atoms with Crippen LogP contribution >= 0.6 is 34.7 Å². The number of carbonyl (C=O) groups is 3. The number of benzene rings is 2. The van der Waals surface area contributed by atoms with Crippen molar-refractivity contribution < 1.29 is 14.4 Å². The normalized spacial score (nSPS) is 20.4. The molecule has 2 atom stereocenters. The maximum atomic E-state index is 12.9. The lowest BCUT2D eigenvalue weighted by Gasteiger charge is -2.19. The molecule has 1 aliphatic carbocycles. The summed E-state index contributed by atoms with van der Waals surface area (Å²) < 4.78 is 1.64. The Hall–Kier alpha value is -2.42. The van der Waals surface area contributed by atoms with E-state index < -0.39 is 0 Å². The molecule has 1 saturated heterocycles. The predicted molar refractivity (Wildman–Crippen MR) is 133 cm³/mol. The number of hydrogen-bond donors (Lipinski definition) is 1. The quantitative estimate of drug-likeness (QED) is 0.361. The summed E-state index contributed by atoms with van der Waals surface area (Å²) in [6.45, 7) is 1.91. The molecule has 2 aliphatic rings. The largest absolute Gasteiger partial charge is 0.325 e. The fourth-order valence-electron chi connectivity index (χ4n) is 4.50. The van der Waals surface area contributed by atoms with Crippen LogP contribution in [0, 0.1) is 18.8 Å². The first-order chi connectivity index (χ1) is 15.9. The van der Waals surface area contributed by atoms with Crippen molar-refractivity contribution in [3.05, 3.63) is 47.0 Å². The molecular formula is C24H22ClN3O3S2. The van der Waals surface area contributed by atoms with Gasteiger partial charge in [-0.25, -0.2) is 4.98 Å². The van der Waals surface area contributed by atoms with Crippen LogP contribution in [0.15, 0.2) is 40.7 Å². The van der Waals surface area contributed by atoms with Crippen molar-refractivity contribution in [2.45, 2.75) is 36.9 Å². The Labute approximate surface area is 204 Å².